The van der Waals surface area contributed by atoms with Gasteiger partial charge in [0.1, 0.15) is 18.3 Å². The number of cyclic esters (lactones) is 1. The van der Waals surface area contributed by atoms with Crippen molar-refractivity contribution in [3.63, 3.8) is 0 Å². The van der Waals surface area contributed by atoms with Crippen molar-refractivity contribution in [3.8, 4) is 11.6 Å². The molecule has 0 aliphatic carbocycles. The van der Waals surface area contributed by atoms with E-state index in [9.17, 15) is 14.7 Å². The van der Waals surface area contributed by atoms with Crippen LogP contribution < -0.4 is 9.47 Å². The Labute approximate surface area is 140 Å². The van der Waals surface area contributed by atoms with Crippen LogP contribution >= 0.6 is 15.9 Å². The Morgan fingerprint density at radius 1 is 1.57 bits per heavy atom. The Morgan fingerprint density at radius 3 is 3.04 bits per heavy atom. The Kier molecular flexibility index (Phi) is 4.29. The fourth-order valence-corrected chi connectivity index (χ4v) is 3.17. The van der Waals surface area contributed by atoms with Crippen molar-refractivity contribution in [1.29, 1.82) is 0 Å². The number of methoxy groups -OCH3 is 1. The number of ether oxygens (including phenoxy) is 3. The molecule has 23 heavy (non-hydrogen) atoms. The van der Waals surface area contributed by atoms with Crippen LogP contribution in [0, 0.1) is 0 Å². The van der Waals surface area contributed by atoms with Crippen LogP contribution in [0.3, 0.4) is 0 Å². The maximum Gasteiger partial charge on any atom is 0.410 e. The van der Waals surface area contributed by atoms with E-state index < -0.39 is 5.97 Å². The molecule has 1 aromatic heterocycles. The SMILES string of the molecule is COc1nc(Br)c(O[C@H]2CCN3C(=O)OC[C@@H]3C2)cc1C(=O)O. The lowest BCUT2D eigenvalue weighted by Crippen LogP contribution is -2.44. The molecule has 3 rings (SSSR count). The molecule has 0 radical (unpaired) electrons. The highest BCUT2D eigenvalue weighted by Crippen LogP contribution is 2.33. The fraction of sp³-hybridized carbons (Fsp3) is 0.500. The van der Waals surface area contributed by atoms with Crippen LogP contribution in [-0.4, -0.2) is 59.5 Å². The van der Waals surface area contributed by atoms with Crippen LogP contribution in [0.25, 0.3) is 0 Å². The smallest absolute Gasteiger partial charge is 0.410 e. The van der Waals surface area contributed by atoms with Gasteiger partial charge in [-0.15, -0.1) is 0 Å². The molecular weight excluding hydrogens is 372 g/mol. The molecule has 2 atom stereocenters. The molecular formula is C14H15BrN2O6. The third kappa shape index (κ3) is 3.05. The number of hydrogen-bond acceptors (Lipinski definition) is 6. The van der Waals surface area contributed by atoms with Gasteiger partial charge in [-0.1, -0.05) is 0 Å². The largest absolute Gasteiger partial charge is 0.487 e. The number of carbonyl (C=O) groups is 2. The number of carboxylic acid groups (broad SMARTS) is 1. The summed E-state index contributed by atoms with van der Waals surface area (Å²) in [6.45, 7) is 0.919. The zero-order valence-corrected chi connectivity index (χ0v) is 13.9. The molecule has 0 bridgehead atoms. The van der Waals surface area contributed by atoms with Gasteiger partial charge >= 0.3 is 12.1 Å². The minimum Gasteiger partial charge on any atom is -0.487 e. The molecule has 0 saturated carbocycles. The van der Waals surface area contributed by atoms with E-state index in [0.717, 1.165) is 0 Å². The topological polar surface area (TPSA) is 98.2 Å². The van der Waals surface area contributed by atoms with Crippen LogP contribution in [0.4, 0.5) is 4.79 Å². The van der Waals surface area contributed by atoms with Crippen LogP contribution in [0.15, 0.2) is 10.7 Å². The van der Waals surface area contributed by atoms with Gasteiger partial charge in [-0.25, -0.2) is 14.6 Å². The van der Waals surface area contributed by atoms with E-state index in [-0.39, 0.29) is 29.7 Å². The molecule has 8 nitrogen and oxygen atoms in total. The lowest BCUT2D eigenvalue weighted by atomic mass is 10.0. The Morgan fingerprint density at radius 2 is 2.35 bits per heavy atom. The average molecular weight is 387 g/mol. The predicted molar refractivity (Wildman–Crippen MR) is 80.9 cm³/mol. The summed E-state index contributed by atoms with van der Waals surface area (Å²) in [5.74, 6) is -0.787. The van der Waals surface area contributed by atoms with Gasteiger partial charge in [0, 0.05) is 25.5 Å². The molecule has 0 unspecified atom stereocenters. The first-order chi connectivity index (χ1) is 11.0. The number of halogens is 1. The summed E-state index contributed by atoms with van der Waals surface area (Å²) < 4.78 is 16.3. The number of fused-ring (bicyclic) bond motifs is 1. The van der Waals surface area contributed by atoms with Crippen molar-refractivity contribution in [2.45, 2.75) is 25.0 Å². The number of amides is 1. The fourth-order valence-electron chi connectivity index (χ4n) is 2.80. The van der Waals surface area contributed by atoms with Gasteiger partial charge in [0.15, 0.2) is 10.4 Å². The summed E-state index contributed by atoms with van der Waals surface area (Å²) in [6.07, 6.45) is 0.854. The lowest BCUT2D eigenvalue weighted by Gasteiger charge is -2.32. The van der Waals surface area contributed by atoms with Gasteiger partial charge in [0.05, 0.1) is 13.2 Å². The summed E-state index contributed by atoms with van der Waals surface area (Å²) in [5.41, 5.74) is -0.0671. The quantitative estimate of drug-likeness (QED) is 0.789. The molecule has 0 spiro atoms. The third-order valence-electron chi connectivity index (χ3n) is 3.93. The molecule has 3 heterocycles. The van der Waals surface area contributed by atoms with Crippen molar-refractivity contribution in [2.24, 2.45) is 0 Å². The molecule has 0 aromatic carbocycles. The zero-order valence-electron chi connectivity index (χ0n) is 12.3. The third-order valence-corrected chi connectivity index (χ3v) is 4.50. The number of carboxylic acids is 1. The minimum atomic E-state index is -1.14. The summed E-state index contributed by atoms with van der Waals surface area (Å²) in [6, 6.07) is 1.39. The summed E-state index contributed by atoms with van der Waals surface area (Å²) in [7, 11) is 1.36. The first-order valence-electron chi connectivity index (χ1n) is 7.07. The Hall–Kier alpha value is -2.03. The van der Waals surface area contributed by atoms with E-state index in [1.54, 1.807) is 4.90 Å². The standard InChI is InChI=1S/C14H15BrN2O6/c1-21-12-9(13(18)19)5-10(11(15)16-12)23-8-2-3-17-7(4-8)6-22-14(17)20/h5,7-8H,2-4,6H2,1H3,(H,18,19)/t7-,8-/m0/s1. The maximum atomic E-state index is 11.5. The van der Waals surface area contributed by atoms with Gasteiger partial charge in [-0.3, -0.25) is 0 Å². The van der Waals surface area contributed by atoms with Gasteiger partial charge < -0.3 is 24.2 Å². The van der Waals surface area contributed by atoms with Crippen molar-refractivity contribution < 1.29 is 28.9 Å². The highest BCUT2D eigenvalue weighted by molar-refractivity contribution is 9.10. The number of hydrogen-bond donors (Lipinski definition) is 1. The van der Waals surface area contributed by atoms with Crippen molar-refractivity contribution in [1.82, 2.24) is 9.88 Å². The van der Waals surface area contributed by atoms with E-state index in [1.165, 1.54) is 13.2 Å². The molecule has 2 fully saturated rings. The van der Waals surface area contributed by atoms with Crippen LogP contribution in [0.5, 0.6) is 11.6 Å². The number of piperidine rings is 1. The van der Waals surface area contributed by atoms with Gasteiger partial charge in [-0.05, 0) is 15.9 Å². The van der Waals surface area contributed by atoms with E-state index in [2.05, 4.69) is 20.9 Å². The second-order valence-electron chi connectivity index (χ2n) is 5.33. The van der Waals surface area contributed by atoms with E-state index in [1.807, 2.05) is 0 Å². The highest BCUT2D eigenvalue weighted by Gasteiger charge is 2.39. The summed E-state index contributed by atoms with van der Waals surface area (Å²) in [4.78, 5) is 28.5. The second-order valence-corrected chi connectivity index (χ2v) is 6.08. The van der Waals surface area contributed by atoms with Crippen LogP contribution in [0.1, 0.15) is 23.2 Å². The van der Waals surface area contributed by atoms with Crippen molar-refractivity contribution in [2.75, 3.05) is 20.3 Å². The zero-order chi connectivity index (χ0) is 16.6. The first-order valence-corrected chi connectivity index (χ1v) is 7.86. The van der Waals surface area contributed by atoms with E-state index in [0.29, 0.717) is 36.3 Å². The molecule has 2 aliphatic heterocycles. The highest BCUT2D eigenvalue weighted by atomic mass is 79.9. The number of carbonyl (C=O) groups excluding carboxylic acids is 1. The number of nitrogens with zero attached hydrogens (tertiary/aromatic N) is 2. The molecule has 1 amide bonds. The number of aromatic nitrogens is 1. The minimum absolute atomic E-state index is 0.00479. The molecule has 1 aromatic rings. The van der Waals surface area contributed by atoms with Gasteiger partial charge in [-0.2, -0.15) is 0 Å². The number of rotatable bonds is 4. The maximum absolute atomic E-state index is 11.5. The van der Waals surface area contributed by atoms with Gasteiger partial charge in [0.25, 0.3) is 0 Å². The summed E-state index contributed by atoms with van der Waals surface area (Å²) in [5, 5.41) is 9.22. The molecule has 9 heteroatoms. The number of aromatic carboxylic acids is 1. The molecule has 1 N–H and O–H groups in total. The molecule has 2 saturated heterocycles. The first kappa shape index (κ1) is 15.9. The van der Waals surface area contributed by atoms with Crippen molar-refractivity contribution >= 4 is 28.0 Å². The Balaban J connectivity index is 1.76. The Bertz CT molecular complexity index is 652. The van der Waals surface area contributed by atoms with Crippen molar-refractivity contribution in [3.05, 3.63) is 16.2 Å². The molecule has 124 valence electrons. The predicted octanol–water partition coefficient (Wildman–Crippen LogP) is 1.91. The lowest BCUT2D eigenvalue weighted by molar-refractivity contribution is 0.0687. The average Bonchev–Trinajstić information content (AvgIpc) is 2.89. The molecule has 2 aliphatic rings. The monoisotopic (exact) mass is 386 g/mol. The summed E-state index contributed by atoms with van der Waals surface area (Å²) >= 11 is 3.27. The van der Waals surface area contributed by atoms with E-state index in [4.69, 9.17) is 14.2 Å². The van der Waals surface area contributed by atoms with E-state index >= 15 is 0 Å². The van der Waals surface area contributed by atoms with Gasteiger partial charge in [0.2, 0.25) is 5.88 Å². The normalized spacial score (nSPS) is 23.2. The number of pyridine rings is 1. The van der Waals surface area contributed by atoms with Crippen LogP contribution in [-0.2, 0) is 4.74 Å². The van der Waals surface area contributed by atoms with Crippen LogP contribution in [0.2, 0.25) is 0 Å². The second kappa shape index (κ2) is 6.23.